The summed E-state index contributed by atoms with van der Waals surface area (Å²) < 4.78 is 0. The van der Waals surface area contributed by atoms with Crippen LogP contribution >= 0.6 is 0 Å². The molecule has 4 aliphatic carbocycles. The van der Waals surface area contributed by atoms with Crippen LogP contribution in [0.3, 0.4) is 0 Å². The number of hydrogen-bond acceptors (Lipinski definition) is 2. The third kappa shape index (κ3) is 2.39. The summed E-state index contributed by atoms with van der Waals surface area (Å²) in [7, 11) is 0. The standard InChI is InChI=1S/C17H17NO2/c18-16-10-12-2-6-13-5-1-11(9-15(13)17(19)20)3-7-14(16)8-4-12/h1,4-5,8-10H,2-3,6-7,18H2,(H,19,20). The van der Waals surface area contributed by atoms with Crippen molar-refractivity contribution in [2.75, 3.05) is 5.73 Å². The molecule has 3 heteroatoms. The maximum absolute atomic E-state index is 11.4. The minimum Gasteiger partial charge on any atom is -0.478 e. The Morgan fingerprint density at radius 1 is 0.900 bits per heavy atom. The Hall–Kier alpha value is -2.29. The van der Waals surface area contributed by atoms with Crippen molar-refractivity contribution in [2.24, 2.45) is 0 Å². The summed E-state index contributed by atoms with van der Waals surface area (Å²) in [5, 5.41) is 9.34. The van der Waals surface area contributed by atoms with Gasteiger partial charge in [-0.05, 0) is 60.1 Å². The van der Waals surface area contributed by atoms with Crippen LogP contribution in [0, 0.1) is 0 Å². The zero-order valence-corrected chi connectivity index (χ0v) is 11.2. The molecule has 2 aromatic rings. The van der Waals surface area contributed by atoms with Crippen molar-refractivity contribution in [3.05, 3.63) is 64.2 Å². The van der Waals surface area contributed by atoms with E-state index < -0.39 is 5.97 Å². The number of nitrogens with two attached hydrogens (primary N) is 1. The minimum absolute atomic E-state index is 0.436. The van der Waals surface area contributed by atoms with Crippen molar-refractivity contribution in [1.82, 2.24) is 0 Å². The Bertz CT molecular complexity index is 677. The van der Waals surface area contributed by atoms with Crippen molar-refractivity contribution in [2.45, 2.75) is 25.7 Å². The van der Waals surface area contributed by atoms with Crippen molar-refractivity contribution >= 4 is 11.7 Å². The number of carboxylic acids is 1. The van der Waals surface area contributed by atoms with Crippen LogP contribution in [-0.4, -0.2) is 11.1 Å². The summed E-state index contributed by atoms with van der Waals surface area (Å²) in [4.78, 5) is 11.4. The molecule has 0 spiro atoms. The number of anilines is 1. The molecule has 3 nitrogen and oxygen atoms in total. The van der Waals surface area contributed by atoms with Gasteiger partial charge in [-0.3, -0.25) is 0 Å². The number of nitrogen functional groups attached to an aromatic ring is 1. The number of benzene rings is 2. The molecule has 0 unspecified atom stereocenters. The molecule has 0 saturated carbocycles. The van der Waals surface area contributed by atoms with Gasteiger partial charge in [0, 0.05) is 5.69 Å². The maximum Gasteiger partial charge on any atom is 0.335 e. The lowest BCUT2D eigenvalue weighted by molar-refractivity contribution is 0.0695. The monoisotopic (exact) mass is 267 g/mol. The average Bonchev–Trinajstić information content (AvgIpc) is 2.42. The fourth-order valence-electron chi connectivity index (χ4n) is 2.78. The largest absolute Gasteiger partial charge is 0.478 e. The van der Waals surface area contributed by atoms with Crippen LogP contribution in [0.5, 0.6) is 0 Å². The van der Waals surface area contributed by atoms with Gasteiger partial charge in [-0.1, -0.05) is 24.3 Å². The van der Waals surface area contributed by atoms with Gasteiger partial charge >= 0.3 is 5.97 Å². The van der Waals surface area contributed by atoms with Crippen LogP contribution in [0.25, 0.3) is 0 Å². The highest BCUT2D eigenvalue weighted by molar-refractivity contribution is 5.89. The first-order valence-corrected chi connectivity index (χ1v) is 6.86. The molecule has 4 bridgehead atoms. The number of aromatic carboxylic acids is 1. The molecule has 6 rings (SSSR count). The molecule has 0 aromatic heterocycles. The Morgan fingerprint density at radius 2 is 1.50 bits per heavy atom. The van der Waals surface area contributed by atoms with Crippen molar-refractivity contribution in [3.8, 4) is 0 Å². The fourth-order valence-corrected chi connectivity index (χ4v) is 2.78. The van der Waals surface area contributed by atoms with E-state index in [9.17, 15) is 9.90 Å². The van der Waals surface area contributed by atoms with Gasteiger partial charge in [0.05, 0.1) is 5.56 Å². The SMILES string of the molecule is Nc1cc2ccc1CCc1ccc(c(C(=O)O)c1)CC2. The second-order valence-corrected chi connectivity index (χ2v) is 5.33. The quantitative estimate of drug-likeness (QED) is 0.781. The molecule has 0 heterocycles. The second-order valence-electron chi connectivity index (χ2n) is 5.33. The number of carboxylic acid groups (broad SMARTS) is 1. The Balaban J connectivity index is 2.05. The van der Waals surface area contributed by atoms with Gasteiger partial charge in [-0.25, -0.2) is 4.79 Å². The molecule has 2 aromatic carbocycles. The minimum atomic E-state index is -0.840. The number of aryl methyl sites for hydroxylation is 4. The summed E-state index contributed by atoms with van der Waals surface area (Å²) in [6.07, 6.45) is 3.18. The fraction of sp³-hybridized carbons (Fsp3) is 0.235. The number of hydrogen-bond donors (Lipinski definition) is 2. The summed E-state index contributed by atoms with van der Waals surface area (Å²) in [5.41, 5.74) is 11.6. The molecule has 3 N–H and O–H groups in total. The van der Waals surface area contributed by atoms with Gasteiger partial charge in [-0.15, -0.1) is 0 Å². The maximum atomic E-state index is 11.4. The summed E-state index contributed by atoms with van der Waals surface area (Å²) in [6, 6.07) is 12.0. The van der Waals surface area contributed by atoms with Gasteiger partial charge in [0.25, 0.3) is 0 Å². The van der Waals surface area contributed by atoms with Crippen molar-refractivity contribution in [3.63, 3.8) is 0 Å². The lowest BCUT2D eigenvalue weighted by atomic mass is 9.93. The normalized spacial score (nSPS) is 13.8. The van der Waals surface area contributed by atoms with Crippen LogP contribution in [0.15, 0.2) is 36.4 Å². The van der Waals surface area contributed by atoms with Crippen LogP contribution in [0.4, 0.5) is 5.69 Å². The highest BCUT2D eigenvalue weighted by Crippen LogP contribution is 2.22. The van der Waals surface area contributed by atoms with Crippen LogP contribution in [-0.2, 0) is 25.7 Å². The molecular weight excluding hydrogens is 250 g/mol. The van der Waals surface area contributed by atoms with Crippen LogP contribution < -0.4 is 5.73 Å². The third-order valence-corrected chi connectivity index (χ3v) is 3.98. The molecular formula is C17H17NO2. The zero-order chi connectivity index (χ0) is 14.1. The van der Waals surface area contributed by atoms with E-state index in [0.29, 0.717) is 5.56 Å². The van der Waals surface area contributed by atoms with E-state index in [1.54, 1.807) is 0 Å². The molecule has 20 heavy (non-hydrogen) atoms. The summed E-state index contributed by atoms with van der Waals surface area (Å²) >= 11 is 0. The number of rotatable bonds is 1. The molecule has 0 atom stereocenters. The second kappa shape index (κ2) is 5.00. The van der Waals surface area contributed by atoms with Crippen molar-refractivity contribution < 1.29 is 9.90 Å². The first kappa shape index (κ1) is 12.7. The smallest absolute Gasteiger partial charge is 0.335 e. The van der Waals surface area contributed by atoms with Crippen LogP contribution in [0.2, 0.25) is 0 Å². The summed E-state index contributed by atoms with van der Waals surface area (Å²) in [5.74, 6) is -0.840. The average molecular weight is 267 g/mol. The molecule has 0 fully saturated rings. The predicted molar refractivity (Wildman–Crippen MR) is 79.1 cm³/mol. The van der Waals surface area contributed by atoms with Gasteiger partial charge in [0.15, 0.2) is 0 Å². The lowest BCUT2D eigenvalue weighted by Crippen LogP contribution is -2.07. The predicted octanol–water partition coefficient (Wildman–Crippen LogP) is 2.85. The van der Waals surface area contributed by atoms with Crippen molar-refractivity contribution in [1.29, 1.82) is 0 Å². The van der Waals surface area contributed by atoms with Crippen LogP contribution in [0.1, 0.15) is 32.6 Å². The molecule has 0 radical (unpaired) electrons. The Morgan fingerprint density at radius 3 is 2.15 bits per heavy atom. The highest BCUT2D eigenvalue weighted by atomic mass is 16.4. The Kier molecular flexibility index (Phi) is 3.18. The molecule has 0 saturated heterocycles. The van der Waals surface area contributed by atoms with Gasteiger partial charge in [-0.2, -0.15) is 0 Å². The topological polar surface area (TPSA) is 63.3 Å². The molecule has 4 aliphatic rings. The first-order valence-electron chi connectivity index (χ1n) is 6.86. The first-order chi connectivity index (χ1) is 9.63. The van der Waals surface area contributed by atoms with Gasteiger partial charge in [0.2, 0.25) is 0 Å². The zero-order valence-electron chi connectivity index (χ0n) is 11.2. The Labute approximate surface area is 118 Å². The van der Waals surface area contributed by atoms with E-state index >= 15 is 0 Å². The van der Waals surface area contributed by atoms with E-state index in [2.05, 4.69) is 12.1 Å². The van der Waals surface area contributed by atoms with E-state index in [4.69, 9.17) is 5.73 Å². The number of carbonyl (C=O) groups is 1. The van der Waals surface area contributed by atoms with Gasteiger partial charge in [0.1, 0.15) is 0 Å². The molecule has 0 aliphatic heterocycles. The van der Waals surface area contributed by atoms with E-state index in [1.807, 2.05) is 24.3 Å². The third-order valence-electron chi connectivity index (χ3n) is 3.98. The van der Waals surface area contributed by atoms with E-state index in [0.717, 1.165) is 53.6 Å². The van der Waals surface area contributed by atoms with E-state index in [-0.39, 0.29) is 0 Å². The summed E-state index contributed by atoms with van der Waals surface area (Å²) in [6.45, 7) is 0. The van der Waals surface area contributed by atoms with E-state index in [1.165, 1.54) is 0 Å². The molecule has 0 amide bonds. The van der Waals surface area contributed by atoms with Gasteiger partial charge < -0.3 is 10.8 Å². The lowest BCUT2D eigenvalue weighted by Gasteiger charge is -2.13. The highest BCUT2D eigenvalue weighted by Gasteiger charge is 2.13. The molecule has 102 valence electrons.